The van der Waals surface area contributed by atoms with Crippen molar-refractivity contribution in [3.8, 4) is 5.75 Å². The van der Waals surface area contributed by atoms with E-state index in [1.807, 2.05) is 6.07 Å². The molecule has 0 aromatic heterocycles. The highest BCUT2D eigenvalue weighted by Crippen LogP contribution is 2.21. The van der Waals surface area contributed by atoms with Gasteiger partial charge in [0.05, 0.1) is 14.2 Å². The van der Waals surface area contributed by atoms with Crippen LogP contribution in [0, 0.1) is 0 Å². The molecule has 0 N–H and O–H groups in total. The number of hydrogen-bond acceptors (Lipinski definition) is 3. The number of benzene rings is 1. The molecule has 1 aromatic carbocycles. The first-order valence-corrected chi connectivity index (χ1v) is 5.57. The van der Waals surface area contributed by atoms with Crippen molar-refractivity contribution >= 4 is 17.6 Å². The predicted octanol–water partition coefficient (Wildman–Crippen LogP) is 2.65. The van der Waals surface area contributed by atoms with Gasteiger partial charge in [0.1, 0.15) is 11.3 Å². The van der Waals surface area contributed by atoms with Gasteiger partial charge in [0, 0.05) is 5.88 Å². The van der Waals surface area contributed by atoms with Crippen molar-refractivity contribution in [1.82, 2.24) is 0 Å². The van der Waals surface area contributed by atoms with Gasteiger partial charge in [0.25, 0.3) is 0 Å². The van der Waals surface area contributed by atoms with Crippen molar-refractivity contribution in [2.24, 2.45) is 0 Å². The Morgan fingerprint density at radius 1 is 1.38 bits per heavy atom. The normalized spacial score (nSPS) is 9.94. The zero-order chi connectivity index (χ0) is 12.0. The molecular formula is C12H15ClO3. The number of methoxy groups -OCH3 is 2. The number of hydrogen-bond donors (Lipinski definition) is 0. The summed E-state index contributed by atoms with van der Waals surface area (Å²) in [4.78, 5) is 11.5. The molecule has 0 atom stereocenters. The average molecular weight is 243 g/mol. The van der Waals surface area contributed by atoms with Crippen LogP contribution in [0.5, 0.6) is 5.75 Å². The highest BCUT2D eigenvalue weighted by molar-refractivity contribution is 6.17. The minimum atomic E-state index is -0.385. The molecule has 16 heavy (non-hydrogen) atoms. The molecular weight excluding hydrogens is 228 g/mol. The third-order valence-electron chi connectivity index (χ3n) is 2.27. The highest BCUT2D eigenvalue weighted by Gasteiger charge is 2.12. The second-order valence-electron chi connectivity index (χ2n) is 3.32. The Morgan fingerprint density at radius 3 is 2.69 bits per heavy atom. The molecule has 0 aliphatic carbocycles. The summed E-state index contributed by atoms with van der Waals surface area (Å²) in [7, 11) is 2.88. The summed E-state index contributed by atoms with van der Waals surface area (Å²) in [5.74, 6) is 0.755. The molecule has 1 aromatic rings. The molecule has 0 bridgehead atoms. The van der Waals surface area contributed by atoms with Gasteiger partial charge < -0.3 is 9.47 Å². The monoisotopic (exact) mass is 242 g/mol. The van der Waals surface area contributed by atoms with Gasteiger partial charge in [-0.3, -0.25) is 0 Å². The topological polar surface area (TPSA) is 35.5 Å². The molecule has 0 fully saturated rings. The summed E-state index contributed by atoms with van der Waals surface area (Å²) in [5.41, 5.74) is 1.51. The number of rotatable bonds is 5. The predicted molar refractivity (Wildman–Crippen MR) is 63.4 cm³/mol. The number of carbonyl (C=O) groups excluding carboxylic acids is 1. The summed E-state index contributed by atoms with van der Waals surface area (Å²) >= 11 is 5.62. The van der Waals surface area contributed by atoms with Crippen molar-refractivity contribution < 1.29 is 14.3 Å². The van der Waals surface area contributed by atoms with E-state index in [0.29, 0.717) is 17.2 Å². The third kappa shape index (κ3) is 3.14. The fourth-order valence-corrected chi connectivity index (χ4v) is 1.58. The van der Waals surface area contributed by atoms with Crippen molar-refractivity contribution in [1.29, 1.82) is 0 Å². The van der Waals surface area contributed by atoms with E-state index in [0.717, 1.165) is 18.4 Å². The molecule has 0 aliphatic rings. The first-order valence-electron chi connectivity index (χ1n) is 5.04. The number of carbonyl (C=O) groups is 1. The Kier molecular flexibility index (Phi) is 5.12. The van der Waals surface area contributed by atoms with Crippen molar-refractivity contribution in [2.75, 3.05) is 20.1 Å². The van der Waals surface area contributed by atoms with Gasteiger partial charge in [0.15, 0.2) is 0 Å². The van der Waals surface area contributed by atoms with E-state index in [9.17, 15) is 4.79 Å². The molecule has 88 valence electrons. The van der Waals surface area contributed by atoms with Crippen LogP contribution in [0.1, 0.15) is 22.3 Å². The van der Waals surface area contributed by atoms with Crippen molar-refractivity contribution in [3.63, 3.8) is 0 Å². The number of alkyl halides is 1. The van der Waals surface area contributed by atoms with Crippen LogP contribution in [0.2, 0.25) is 0 Å². The number of esters is 1. The van der Waals surface area contributed by atoms with Crippen molar-refractivity contribution in [2.45, 2.75) is 12.8 Å². The molecule has 0 saturated heterocycles. The zero-order valence-corrected chi connectivity index (χ0v) is 10.2. The van der Waals surface area contributed by atoms with Crippen LogP contribution in [-0.2, 0) is 11.2 Å². The lowest BCUT2D eigenvalue weighted by Gasteiger charge is -2.08. The van der Waals surface area contributed by atoms with E-state index < -0.39 is 0 Å². The lowest BCUT2D eigenvalue weighted by Crippen LogP contribution is -2.05. The summed E-state index contributed by atoms with van der Waals surface area (Å²) < 4.78 is 9.79. The summed E-state index contributed by atoms with van der Waals surface area (Å²) in [5, 5.41) is 0. The smallest absolute Gasteiger partial charge is 0.341 e. The minimum Gasteiger partial charge on any atom is -0.496 e. The van der Waals surface area contributed by atoms with Crippen LogP contribution >= 0.6 is 11.6 Å². The van der Waals surface area contributed by atoms with E-state index in [-0.39, 0.29) is 5.97 Å². The Balaban J connectivity index is 2.96. The van der Waals surface area contributed by atoms with Gasteiger partial charge in [0.2, 0.25) is 0 Å². The van der Waals surface area contributed by atoms with Gasteiger partial charge in [-0.1, -0.05) is 6.07 Å². The molecule has 0 spiro atoms. The van der Waals surface area contributed by atoms with E-state index >= 15 is 0 Å². The molecule has 4 heteroatoms. The second kappa shape index (κ2) is 6.38. The van der Waals surface area contributed by atoms with Crippen LogP contribution in [0.15, 0.2) is 18.2 Å². The van der Waals surface area contributed by atoms with Gasteiger partial charge in [-0.05, 0) is 30.5 Å². The van der Waals surface area contributed by atoms with Crippen LogP contribution in [-0.4, -0.2) is 26.1 Å². The average Bonchev–Trinajstić information content (AvgIpc) is 2.35. The fraction of sp³-hybridized carbons (Fsp3) is 0.417. The Labute approximate surface area is 100 Å². The number of ether oxygens (including phenoxy) is 2. The van der Waals surface area contributed by atoms with Crippen LogP contribution in [0.4, 0.5) is 0 Å². The van der Waals surface area contributed by atoms with Crippen LogP contribution in [0.25, 0.3) is 0 Å². The van der Waals surface area contributed by atoms with Gasteiger partial charge in [-0.2, -0.15) is 0 Å². The molecule has 3 nitrogen and oxygen atoms in total. The molecule has 0 aliphatic heterocycles. The van der Waals surface area contributed by atoms with Crippen LogP contribution in [0.3, 0.4) is 0 Å². The second-order valence-corrected chi connectivity index (χ2v) is 3.70. The maximum atomic E-state index is 11.5. The van der Waals surface area contributed by atoms with Gasteiger partial charge in [-0.25, -0.2) is 4.79 Å². The fourth-order valence-electron chi connectivity index (χ4n) is 1.45. The number of aryl methyl sites for hydroxylation is 1. The maximum Gasteiger partial charge on any atom is 0.341 e. The van der Waals surface area contributed by atoms with Gasteiger partial charge >= 0.3 is 5.97 Å². The first-order chi connectivity index (χ1) is 7.72. The molecule has 0 saturated carbocycles. The molecule has 0 unspecified atom stereocenters. The first kappa shape index (κ1) is 12.8. The lowest BCUT2D eigenvalue weighted by atomic mass is 10.1. The molecule has 0 radical (unpaired) electrons. The Bertz CT molecular complexity index is 363. The number of halogens is 1. The SMILES string of the molecule is COC(=O)c1cc(CCCCl)ccc1OC. The summed E-state index contributed by atoms with van der Waals surface area (Å²) in [6.07, 6.45) is 1.73. The van der Waals surface area contributed by atoms with E-state index in [1.165, 1.54) is 14.2 Å². The largest absolute Gasteiger partial charge is 0.496 e. The van der Waals surface area contributed by atoms with Gasteiger partial charge in [-0.15, -0.1) is 11.6 Å². The zero-order valence-electron chi connectivity index (χ0n) is 9.46. The summed E-state index contributed by atoms with van der Waals surface area (Å²) in [6.45, 7) is 0. The molecule has 0 heterocycles. The van der Waals surface area contributed by atoms with E-state index in [4.69, 9.17) is 21.1 Å². The standard InChI is InChI=1S/C12H15ClO3/c1-15-11-6-5-9(4-3-7-13)8-10(11)12(14)16-2/h5-6,8H,3-4,7H2,1-2H3. The van der Waals surface area contributed by atoms with Crippen molar-refractivity contribution in [3.05, 3.63) is 29.3 Å². The molecule has 0 amide bonds. The lowest BCUT2D eigenvalue weighted by molar-refractivity contribution is 0.0597. The quantitative estimate of drug-likeness (QED) is 0.588. The Morgan fingerprint density at radius 2 is 2.12 bits per heavy atom. The van der Waals surface area contributed by atoms with Crippen LogP contribution < -0.4 is 4.74 Å². The highest BCUT2D eigenvalue weighted by atomic mass is 35.5. The third-order valence-corrected chi connectivity index (χ3v) is 2.54. The van der Waals surface area contributed by atoms with E-state index in [1.54, 1.807) is 12.1 Å². The molecule has 1 rings (SSSR count). The Hall–Kier alpha value is -1.22. The minimum absolute atomic E-state index is 0.385. The maximum absolute atomic E-state index is 11.5. The van der Waals surface area contributed by atoms with E-state index in [2.05, 4.69) is 0 Å². The summed E-state index contributed by atoms with van der Waals surface area (Å²) in [6, 6.07) is 5.49.